The number of benzene rings is 1. The summed E-state index contributed by atoms with van der Waals surface area (Å²) >= 11 is 7.03. The van der Waals surface area contributed by atoms with Crippen LogP contribution in [-0.4, -0.2) is 32.4 Å². The van der Waals surface area contributed by atoms with Gasteiger partial charge in [-0.15, -0.1) is 5.10 Å². The highest BCUT2D eigenvalue weighted by atomic mass is 35.5. The number of hydrogen-bond donors (Lipinski definition) is 2. The van der Waals surface area contributed by atoms with Gasteiger partial charge in [0.1, 0.15) is 17.9 Å². The highest BCUT2D eigenvalue weighted by Gasteiger charge is 2.42. The van der Waals surface area contributed by atoms with Crippen molar-refractivity contribution in [1.82, 2.24) is 20.5 Å². The minimum atomic E-state index is -0.784. The number of amides is 1. The van der Waals surface area contributed by atoms with Crippen molar-refractivity contribution in [3.63, 3.8) is 0 Å². The van der Waals surface area contributed by atoms with E-state index >= 15 is 0 Å². The molecule has 1 amide bonds. The topological polar surface area (TPSA) is 104 Å². The Morgan fingerprint density at radius 3 is 2.88 bits per heavy atom. The Kier molecular flexibility index (Phi) is 5.69. The van der Waals surface area contributed by atoms with Gasteiger partial charge in [0.05, 0.1) is 11.8 Å². The first-order valence-electron chi connectivity index (χ1n) is 8.13. The molecular formula is C17H18ClN5O2S. The second-order valence-corrected chi connectivity index (χ2v) is 7.61. The van der Waals surface area contributed by atoms with Gasteiger partial charge in [0.15, 0.2) is 5.82 Å². The van der Waals surface area contributed by atoms with E-state index in [0.717, 1.165) is 12.8 Å². The lowest BCUT2D eigenvalue weighted by Gasteiger charge is -2.22. The van der Waals surface area contributed by atoms with Crippen molar-refractivity contribution in [2.45, 2.75) is 37.1 Å². The number of nitriles is 1. The fourth-order valence-electron chi connectivity index (χ4n) is 2.43. The number of hydrogen-bond acceptors (Lipinski definition) is 6. The Morgan fingerprint density at radius 2 is 2.23 bits per heavy atom. The molecule has 1 aromatic heterocycles. The van der Waals surface area contributed by atoms with Gasteiger partial charge in [-0.05, 0) is 49.9 Å². The normalized spacial score (nSPS) is 15.7. The van der Waals surface area contributed by atoms with Crippen molar-refractivity contribution < 1.29 is 9.53 Å². The zero-order chi connectivity index (χ0) is 18.6. The van der Waals surface area contributed by atoms with Gasteiger partial charge in [-0.2, -0.15) is 5.26 Å². The van der Waals surface area contributed by atoms with Crippen LogP contribution in [0.25, 0.3) is 0 Å². The minimum Gasteiger partial charge on any atom is -0.486 e. The molecule has 0 spiro atoms. The highest BCUT2D eigenvalue weighted by molar-refractivity contribution is 7.99. The van der Waals surface area contributed by atoms with E-state index in [0.29, 0.717) is 21.8 Å². The highest BCUT2D eigenvalue weighted by Crippen LogP contribution is 2.39. The number of halogens is 1. The van der Waals surface area contributed by atoms with E-state index < -0.39 is 5.54 Å². The van der Waals surface area contributed by atoms with Gasteiger partial charge in [-0.1, -0.05) is 23.4 Å². The van der Waals surface area contributed by atoms with Crippen LogP contribution >= 0.6 is 23.4 Å². The molecule has 1 fully saturated rings. The summed E-state index contributed by atoms with van der Waals surface area (Å²) in [6.45, 7) is 2.00. The first-order chi connectivity index (χ1) is 12.5. The van der Waals surface area contributed by atoms with Crippen molar-refractivity contribution in [2.75, 3.05) is 5.75 Å². The maximum absolute atomic E-state index is 12.1. The summed E-state index contributed by atoms with van der Waals surface area (Å²) in [4.78, 5) is 16.4. The first-order valence-corrected chi connectivity index (χ1v) is 9.49. The lowest BCUT2D eigenvalue weighted by molar-refractivity contribution is -0.119. The van der Waals surface area contributed by atoms with Gasteiger partial charge in [0.25, 0.3) is 0 Å². The van der Waals surface area contributed by atoms with Crippen LogP contribution in [0.1, 0.15) is 25.6 Å². The van der Waals surface area contributed by atoms with Crippen LogP contribution in [0.3, 0.4) is 0 Å². The van der Waals surface area contributed by atoms with Crippen LogP contribution in [-0.2, 0) is 11.4 Å². The lowest BCUT2D eigenvalue weighted by Crippen LogP contribution is -2.47. The Morgan fingerprint density at radius 1 is 1.50 bits per heavy atom. The molecule has 3 rings (SSSR count). The average molecular weight is 392 g/mol. The Hall–Kier alpha value is -2.24. The molecule has 1 unspecified atom stereocenters. The van der Waals surface area contributed by atoms with Crippen molar-refractivity contribution in [1.29, 1.82) is 5.26 Å². The number of rotatable bonds is 8. The molecule has 2 N–H and O–H groups in total. The number of ether oxygens (including phenoxy) is 1. The van der Waals surface area contributed by atoms with E-state index in [1.165, 1.54) is 11.8 Å². The number of nitrogens with one attached hydrogen (secondary N) is 2. The second kappa shape index (κ2) is 7.98. The Bertz CT molecular complexity index is 815. The van der Waals surface area contributed by atoms with E-state index in [2.05, 4.69) is 26.6 Å². The molecule has 1 heterocycles. The van der Waals surface area contributed by atoms with E-state index in [1.807, 2.05) is 0 Å². The van der Waals surface area contributed by atoms with E-state index in [-0.39, 0.29) is 24.2 Å². The lowest BCUT2D eigenvalue weighted by atomic mass is 9.98. The van der Waals surface area contributed by atoms with Gasteiger partial charge in [0.2, 0.25) is 11.1 Å². The fourth-order valence-corrected chi connectivity index (χ4v) is 3.17. The molecule has 0 bridgehead atoms. The van der Waals surface area contributed by atoms with Gasteiger partial charge in [0, 0.05) is 5.02 Å². The first kappa shape index (κ1) is 18.5. The molecule has 1 aliphatic rings. The summed E-state index contributed by atoms with van der Waals surface area (Å²) < 4.78 is 5.58. The van der Waals surface area contributed by atoms with Gasteiger partial charge < -0.3 is 10.1 Å². The summed E-state index contributed by atoms with van der Waals surface area (Å²) in [5, 5.41) is 20.0. The quantitative estimate of drug-likeness (QED) is 0.670. The van der Waals surface area contributed by atoms with Crippen molar-refractivity contribution in [2.24, 2.45) is 5.92 Å². The summed E-state index contributed by atoms with van der Waals surface area (Å²) in [5.74, 6) is 1.44. The molecule has 1 atom stereocenters. The molecule has 1 saturated carbocycles. The van der Waals surface area contributed by atoms with Crippen LogP contribution in [0, 0.1) is 17.2 Å². The smallest absolute Gasteiger partial charge is 0.231 e. The number of carbonyl (C=O) groups is 1. The predicted octanol–water partition coefficient (Wildman–Crippen LogP) is 2.94. The number of aromatic nitrogens is 3. The largest absolute Gasteiger partial charge is 0.486 e. The van der Waals surface area contributed by atoms with Gasteiger partial charge in [-0.25, -0.2) is 4.98 Å². The SMILES string of the molecule is CC(C#N)(NC(=O)CSc1n[nH]c(COc2ccc(Cl)cc2)n1)C1CC1. The molecule has 2 aromatic rings. The maximum atomic E-state index is 12.1. The van der Waals surface area contributed by atoms with Crippen LogP contribution in [0.2, 0.25) is 5.02 Å². The van der Waals surface area contributed by atoms with Gasteiger partial charge in [-0.3, -0.25) is 9.89 Å². The van der Waals surface area contributed by atoms with Crippen LogP contribution in [0.4, 0.5) is 0 Å². The summed E-state index contributed by atoms with van der Waals surface area (Å²) in [5.41, 5.74) is -0.784. The zero-order valence-electron chi connectivity index (χ0n) is 14.2. The molecule has 0 radical (unpaired) electrons. The monoisotopic (exact) mass is 391 g/mol. The van der Waals surface area contributed by atoms with Crippen molar-refractivity contribution >= 4 is 29.3 Å². The van der Waals surface area contributed by atoms with E-state index in [4.69, 9.17) is 16.3 Å². The minimum absolute atomic E-state index is 0.152. The number of nitrogens with zero attached hydrogens (tertiary/aromatic N) is 3. The van der Waals surface area contributed by atoms with Gasteiger partial charge >= 0.3 is 0 Å². The molecule has 0 saturated heterocycles. The number of thioether (sulfide) groups is 1. The molecule has 1 aliphatic carbocycles. The Balaban J connectivity index is 1.45. The molecule has 1 aromatic carbocycles. The summed E-state index contributed by atoms with van der Waals surface area (Å²) in [7, 11) is 0. The number of H-pyrrole nitrogens is 1. The third-order valence-corrected chi connectivity index (χ3v) is 5.16. The van der Waals surface area contributed by atoms with E-state index in [1.54, 1.807) is 31.2 Å². The summed E-state index contributed by atoms with van der Waals surface area (Å²) in [6, 6.07) is 9.23. The third-order valence-electron chi connectivity index (χ3n) is 4.06. The molecule has 7 nitrogen and oxygen atoms in total. The molecular weight excluding hydrogens is 374 g/mol. The fraction of sp³-hybridized carbons (Fsp3) is 0.412. The van der Waals surface area contributed by atoms with Crippen LogP contribution in [0.5, 0.6) is 5.75 Å². The van der Waals surface area contributed by atoms with Crippen LogP contribution < -0.4 is 10.1 Å². The molecule has 26 heavy (non-hydrogen) atoms. The van der Waals surface area contributed by atoms with Crippen molar-refractivity contribution in [3.8, 4) is 11.8 Å². The second-order valence-electron chi connectivity index (χ2n) is 6.23. The molecule has 136 valence electrons. The zero-order valence-corrected chi connectivity index (χ0v) is 15.7. The number of carbonyl (C=O) groups excluding carboxylic acids is 1. The maximum Gasteiger partial charge on any atom is 0.231 e. The van der Waals surface area contributed by atoms with E-state index in [9.17, 15) is 10.1 Å². The average Bonchev–Trinajstić information content (AvgIpc) is 3.40. The standard InChI is InChI=1S/C17H18ClN5O2S/c1-17(10-19,11-2-3-11)21-15(24)9-26-16-20-14(22-23-16)8-25-13-6-4-12(18)5-7-13/h4-7,11H,2-3,8-9H2,1H3,(H,21,24)(H,20,22,23). The Labute approximate surface area is 160 Å². The van der Waals surface area contributed by atoms with Crippen LogP contribution in [0.15, 0.2) is 29.4 Å². The number of aromatic amines is 1. The predicted molar refractivity (Wildman–Crippen MR) is 97.8 cm³/mol. The third kappa shape index (κ3) is 4.90. The van der Waals surface area contributed by atoms with Crippen molar-refractivity contribution in [3.05, 3.63) is 35.1 Å². The molecule has 0 aliphatic heterocycles. The molecule has 9 heteroatoms. The summed E-state index contributed by atoms with van der Waals surface area (Å²) in [6.07, 6.45) is 1.96.